The first-order valence-electron chi connectivity index (χ1n) is 7.15. The lowest BCUT2D eigenvalue weighted by Crippen LogP contribution is -2.34. The second-order valence-corrected chi connectivity index (χ2v) is 5.62. The highest BCUT2D eigenvalue weighted by Gasteiger charge is 2.21. The highest BCUT2D eigenvalue weighted by atomic mass is 35.5. The maximum absolute atomic E-state index is 11.7. The Labute approximate surface area is 138 Å². The van der Waals surface area contributed by atoms with Gasteiger partial charge in [-0.3, -0.25) is 4.79 Å². The van der Waals surface area contributed by atoms with Gasteiger partial charge in [0.2, 0.25) is 0 Å². The molecule has 2 N–H and O–H groups in total. The summed E-state index contributed by atoms with van der Waals surface area (Å²) in [5.74, 6) is -0.457. The Hall–Kier alpha value is -2.37. The van der Waals surface area contributed by atoms with E-state index in [0.29, 0.717) is 11.4 Å². The molecule has 0 aliphatic carbocycles. The van der Waals surface area contributed by atoms with Crippen molar-refractivity contribution in [2.45, 2.75) is 12.5 Å². The summed E-state index contributed by atoms with van der Waals surface area (Å²) in [7, 11) is 1.33. The van der Waals surface area contributed by atoms with Crippen LogP contribution in [0.15, 0.2) is 48.7 Å². The SMILES string of the molecule is COC(=O)C(N)Cc1c(-c2ccccc2)nc2ccc(Cl)cn12. The van der Waals surface area contributed by atoms with Crippen molar-refractivity contribution in [1.82, 2.24) is 9.38 Å². The molecule has 0 saturated heterocycles. The van der Waals surface area contributed by atoms with Crippen LogP contribution in [0.25, 0.3) is 16.9 Å². The van der Waals surface area contributed by atoms with Crippen molar-refractivity contribution in [3.63, 3.8) is 0 Å². The Bertz CT molecular complexity index is 846. The number of hydrogen-bond donors (Lipinski definition) is 1. The summed E-state index contributed by atoms with van der Waals surface area (Å²) in [6, 6.07) is 12.6. The molecule has 0 spiro atoms. The van der Waals surface area contributed by atoms with Gasteiger partial charge in [0.15, 0.2) is 0 Å². The Morgan fingerprint density at radius 1 is 1.30 bits per heavy atom. The maximum Gasteiger partial charge on any atom is 0.323 e. The summed E-state index contributed by atoms with van der Waals surface area (Å²) < 4.78 is 6.59. The minimum Gasteiger partial charge on any atom is -0.468 e. The Morgan fingerprint density at radius 3 is 2.74 bits per heavy atom. The number of ether oxygens (including phenoxy) is 1. The molecule has 1 aromatic carbocycles. The number of carbonyl (C=O) groups excluding carboxylic acids is 1. The third kappa shape index (κ3) is 3.06. The van der Waals surface area contributed by atoms with Gasteiger partial charge in [-0.15, -0.1) is 0 Å². The third-order valence-corrected chi connectivity index (χ3v) is 3.87. The average molecular weight is 330 g/mol. The molecule has 0 aliphatic heterocycles. The largest absolute Gasteiger partial charge is 0.468 e. The van der Waals surface area contributed by atoms with Crippen molar-refractivity contribution in [1.29, 1.82) is 0 Å². The van der Waals surface area contributed by atoms with Crippen LogP contribution in [0.5, 0.6) is 0 Å². The van der Waals surface area contributed by atoms with Crippen molar-refractivity contribution in [3.05, 3.63) is 59.4 Å². The van der Waals surface area contributed by atoms with Crippen molar-refractivity contribution in [2.75, 3.05) is 7.11 Å². The van der Waals surface area contributed by atoms with E-state index in [9.17, 15) is 4.79 Å². The van der Waals surface area contributed by atoms with Crippen LogP contribution >= 0.6 is 11.6 Å². The Morgan fingerprint density at radius 2 is 2.04 bits per heavy atom. The van der Waals surface area contributed by atoms with Crippen LogP contribution < -0.4 is 5.73 Å². The zero-order valence-corrected chi connectivity index (χ0v) is 13.3. The predicted molar refractivity (Wildman–Crippen MR) is 89.3 cm³/mol. The van der Waals surface area contributed by atoms with Crippen LogP contribution in [-0.2, 0) is 16.0 Å². The van der Waals surface area contributed by atoms with Crippen LogP contribution in [0.1, 0.15) is 5.69 Å². The normalized spacial score (nSPS) is 12.3. The van der Waals surface area contributed by atoms with E-state index in [1.807, 2.05) is 40.8 Å². The number of esters is 1. The van der Waals surface area contributed by atoms with Gasteiger partial charge in [-0.1, -0.05) is 41.9 Å². The number of carbonyl (C=O) groups is 1. The van der Waals surface area contributed by atoms with Gasteiger partial charge in [-0.2, -0.15) is 0 Å². The molecule has 1 unspecified atom stereocenters. The zero-order chi connectivity index (χ0) is 16.4. The lowest BCUT2D eigenvalue weighted by molar-refractivity contribution is -0.142. The number of nitrogens with two attached hydrogens (primary N) is 1. The van der Waals surface area contributed by atoms with Gasteiger partial charge < -0.3 is 14.9 Å². The van der Waals surface area contributed by atoms with Crippen LogP contribution in [0.4, 0.5) is 0 Å². The van der Waals surface area contributed by atoms with E-state index >= 15 is 0 Å². The van der Waals surface area contributed by atoms with E-state index in [-0.39, 0.29) is 0 Å². The number of imidazole rings is 1. The number of rotatable bonds is 4. The molecule has 6 heteroatoms. The molecule has 2 aromatic heterocycles. The van der Waals surface area contributed by atoms with Crippen molar-refractivity contribution in [3.8, 4) is 11.3 Å². The van der Waals surface area contributed by atoms with E-state index in [4.69, 9.17) is 22.1 Å². The predicted octanol–water partition coefficient (Wildman–Crippen LogP) is 2.70. The van der Waals surface area contributed by atoms with Gasteiger partial charge in [0.1, 0.15) is 11.7 Å². The van der Waals surface area contributed by atoms with E-state index in [1.165, 1.54) is 7.11 Å². The first kappa shape index (κ1) is 15.5. The fourth-order valence-corrected chi connectivity index (χ4v) is 2.69. The molecule has 0 amide bonds. The number of halogens is 1. The molecule has 3 aromatic rings. The number of aromatic nitrogens is 2. The molecular weight excluding hydrogens is 314 g/mol. The first-order chi connectivity index (χ1) is 11.1. The number of methoxy groups -OCH3 is 1. The molecule has 0 fully saturated rings. The molecule has 3 rings (SSSR count). The quantitative estimate of drug-likeness (QED) is 0.747. The Balaban J connectivity index is 2.15. The molecule has 0 aliphatic rings. The molecule has 0 saturated carbocycles. The minimum atomic E-state index is -0.763. The molecule has 23 heavy (non-hydrogen) atoms. The second-order valence-electron chi connectivity index (χ2n) is 5.18. The van der Waals surface area contributed by atoms with Crippen molar-refractivity contribution in [2.24, 2.45) is 5.73 Å². The minimum absolute atomic E-state index is 0.304. The number of pyridine rings is 1. The van der Waals surface area contributed by atoms with E-state index < -0.39 is 12.0 Å². The van der Waals surface area contributed by atoms with Gasteiger partial charge in [-0.05, 0) is 12.1 Å². The van der Waals surface area contributed by atoms with Gasteiger partial charge in [0.25, 0.3) is 0 Å². The van der Waals surface area contributed by atoms with Crippen LogP contribution in [0.2, 0.25) is 5.02 Å². The molecule has 0 radical (unpaired) electrons. The molecular formula is C17H16ClN3O2. The maximum atomic E-state index is 11.7. The highest BCUT2D eigenvalue weighted by molar-refractivity contribution is 6.30. The molecule has 2 heterocycles. The number of hydrogen-bond acceptors (Lipinski definition) is 4. The zero-order valence-electron chi connectivity index (χ0n) is 12.6. The number of fused-ring (bicyclic) bond motifs is 1. The van der Waals surface area contributed by atoms with Gasteiger partial charge >= 0.3 is 5.97 Å². The second kappa shape index (κ2) is 6.40. The molecule has 0 bridgehead atoms. The summed E-state index contributed by atoms with van der Waals surface area (Å²) >= 11 is 6.10. The van der Waals surface area contributed by atoms with E-state index in [0.717, 1.165) is 22.6 Å². The van der Waals surface area contributed by atoms with Crippen LogP contribution in [0.3, 0.4) is 0 Å². The first-order valence-corrected chi connectivity index (χ1v) is 7.53. The van der Waals surface area contributed by atoms with Crippen molar-refractivity contribution < 1.29 is 9.53 Å². The highest BCUT2D eigenvalue weighted by Crippen LogP contribution is 2.26. The lowest BCUT2D eigenvalue weighted by Gasteiger charge is -2.11. The monoisotopic (exact) mass is 329 g/mol. The number of nitrogens with zero attached hydrogens (tertiary/aromatic N) is 2. The molecule has 1 atom stereocenters. The molecule has 118 valence electrons. The van der Waals surface area contributed by atoms with E-state index in [2.05, 4.69) is 4.98 Å². The smallest absolute Gasteiger partial charge is 0.323 e. The van der Waals surface area contributed by atoms with Gasteiger partial charge in [-0.25, -0.2) is 4.98 Å². The van der Waals surface area contributed by atoms with Crippen LogP contribution in [0, 0.1) is 0 Å². The summed E-state index contributed by atoms with van der Waals surface area (Å²) in [6.45, 7) is 0. The topological polar surface area (TPSA) is 69.6 Å². The van der Waals surface area contributed by atoms with Gasteiger partial charge in [0, 0.05) is 18.2 Å². The van der Waals surface area contributed by atoms with Gasteiger partial charge in [0.05, 0.1) is 23.5 Å². The Kier molecular flexibility index (Phi) is 4.32. The average Bonchev–Trinajstić information content (AvgIpc) is 2.92. The third-order valence-electron chi connectivity index (χ3n) is 3.65. The summed E-state index contributed by atoms with van der Waals surface area (Å²) in [6.07, 6.45) is 2.08. The lowest BCUT2D eigenvalue weighted by atomic mass is 10.1. The van der Waals surface area contributed by atoms with Crippen molar-refractivity contribution >= 4 is 23.2 Å². The van der Waals surface area contributed by atoms with E-state index in [1.54, 1.807) is 12.3 Å². The molecule has 5 nitrogen and oxygen atoms in total. The summed E-state index contributed by atoms with van der Waals surface area (Å²) in [5.41, 5.74) is 9.26. The summed E-state index contributed by atoms with van der Waals surface area (Å²) in [5, 5.41) is 0.586. The van der Waals surface area contributed by atoms with Crippen LogP contribution in [-0.4, -0.2) is 28.5 Å². The fraction of sp³-hybridized carbons (Fsp3) is 0.176. The number of benzene rings is 1. The fourth-order valence-electron chi connectivity index (χ4n) is 2.53. The standard InChI is InChI=1S/C17H16ClN3O2/c1-23-17(22)13(19)9-14-16(11-5-3-2-4-6-11)20-15-8-7-12(18)10-21(14)15/h2-8,10,13H,9,19H2,1H3. The summed E-state index contributed by atoms with van der Waals surface area (Å²) in [4.78, 5) is 16.3.